The van der Waals surface area contributed by atoms with Crippen LogP contribution >= 0.6 is 11.8 Å². The zero-order valence-electron chi connectivity index (χ0n) is 11.2. The monoisotopic (exact) mass is 298 g/mol. The minimum absolute atomic E-state index is 0.0916. The predicted octanol–water partition coefficient (Wildman–Crippen LogP) is 2.88. The van der Waals surface area contributed by atoms with Crippen LogP contribution in [0.25, 0.3) is 11.0 Å². The number of carbonyl (C=O) groups is 1. The Morgan fingerprint density at radius 3 is 2.90 bits per heavy atom. The van der Waals surface area contributed by atoms with Gasteiger partial charge in [-0.15, -0.1) is 0 Å². The lowest BCUT2D eigenvalue weighted by molar-refractivity contribution is -0.113. The van der Waals surface area contributed by atoms with E-state index in [4.69, 9.17) is 5.73 Å². The number of para-hydroxylation sites is 2. The Balaban J connectivity index is 1.60. The van der Waals surface area contributed by atoms with Gasteiger partial charge in [0.1, 0.15) is 0 Å². The first-order valence-corrected chi connectivity index (χ1v) is 7.42. The molecule has 21 heavy (non-hydrogen) atoms. The van der Waals surface area contributed by atoms with Crippen molar-refractivity contribution in [1.82, 2.24) is 9.97 Å². The summed E-state index contributed by atoms with van der Waals surface area (Å²) < 4.78 is 0. The molecule has 0 radical (unpaired) electrons. The number of hydrogen-bond donors (Lipinski definition) is 3. The van der Waals surface area contributed by atoms with Gasteiger partial charge in [-0.2, -0.15) is 0 Å². The summed E-state index contributed by atoms with van der Waals surface area (Å²) in [6.45, 7) is 0. The van der Waals surface area contributed by atoms with Gasteiger partial charge in [-0.1, -0.05) is 30.0 Å². The first-order chi connectivity index (χ1) is 10.2. The highest BCUT2D eigenvalue weighted by atomic mass is 32.2. The van der Waals surface area contributed by atoms with E-state index in [1.54, 1.807) is 24.3 Å². The topological polar surface area (TPSA) is 83.8 Å². The molecule has 4 N–H and O–H groups in total. The second-order valence-electron chi connectivity index (χ2n) is 4.52. The molecule has 0 fully saturated rings. The summed E-state index contributed by atoms with van der Waals surface area (Å²) in [6.07, 6.45) is 0. The van der Waals surface area contributed by atoms with Gasteiger partial charge in [0, 0.05) is 11.4 Å². The summed E-state index contributed by atoms with van der Waals surface area (Å²) in [5, 5.41) is 3.54. The molecule has 106 valence electrons. The number of hydrogen-bond acceptors (Lipinski definition) is 4. The first kappa shape index (κ1) is 13.5. The summed E-state index contributed by atoms with van der Waals surface area (Å²) in [7, 11) is 0. The number of aromatic amines is 1. The van der Waals surface area contributed by atoms with Crippen LogP contribution in [0.5, 0.6) is 0 Å². The molecule has 1 amide bonds. The van der Waals surface area contributed by atoms with E-state index in [0.717, 1.165) is 16.2 Å². The average molecular weight is 298 g/mol. The van der Waals surface area contributed by atoms with E-state index in [2.05, 4.69) is 15.3 Å². The van der Waals surface area contributed by atoms with Gasteiger partial charge >= 0.3 is 0 Å². The Labute approximate surface area is 126 Å². The molecule has 0 aliphatic heterocycles. The van der Waals surface area contributed by atoms with Gasteiger partial charge in [0.15, 0.2) is 5.16 Å². The fourth-order valence-electron chi connectivity index (χ4n) is 1.95. The fourth-order valence-corrected chi connectivity index (χ4v) is 2.63. The third kappa shape index (κ3) is 3.35. The minimum Gasteiger partial charge on any atom is -0.399 e. The smallest absolute Gasteiger partial charge is 0.234 e. The van der Waals surface area contributed by atoms with Crippen molar-refractivity contribution in [1.29, 1.82) is 0 Å². The Morgan fingerprint density at radius 2 is 2.10 bits per heavy atom. The van der Waals surface area contributed by atoms with Gasteiger partial charge in [0.2, 0.25) is 5.91 Å². The van der Waals surface area contributed by atoms with Crippen LogP contribution in [0.3, 0.4) is 0 Å². The van der Waals surface area contributed by atoms with Gasteiger partial charge < -0.3 is 16.0 Å². The van der Waals surface area contributed by atoms with Crippen molar-refractivity contribution < 1.29 is 4.79 Å². The number of fused-ring (bicyclic) bond motifs is 1. The fraction of sp³-hybridized carbons (Fsp3) is 0.0667. The van der Waals surface area contributed by atoms with Crippen molar-refractivity contribution in [3.8, 4) is 0 Å². The summed E-state index contributed by atoms with van der Waals surface area (Å²) in [4.78, 5) is 19.5. The van der Waals surface area contributed by atoms with E-state index < -0.39 is 0 Å². The molecule has 0 saturated carbocycles. The van der Waals surface area contributed by atoms with E-state index in [-0.39, 0.29) is 11.7 Å². The van der Waals surface area contributed by atoms with Crippen LogP contribution in [0.1, 0.15) is 0 Å². The molecular formula is C15H14N4OS. The molecule has 0 saturated heterocycles. The molecule has 2 aromatic carbocycles. The van der Waals surface area contributed by atoms with Crippen LogP contribution in [-0.4, -0.2) is 21.6 Å². The molecule has 3 aromatic rings. The van der Waals surface area contributed by atoms with Gasteiger partial charge in [0.05, 0.1) is 16.8 Å². The summed E-state index contributed by atoms with van der Waals surface area (Å²) in [5.41, 5.74) is 8.86. The molecule has 1 aromatic heterocycles. The lowest BCUT2D eigenvalue weighted by atomic mass is 10.3. The number of imidazole rings is 1. The predicted molar refractivity (Wildman–Crippen MR) is 86.3 cm³/mol. The number of carbonyl (C=O) groups excluding carboxylic acids is 1. The van der Waals surface area contributed by atoms with Crippen LogP contribution in [0.4, 0.5) is 11.4 Å². The van der Waals surface area contributed by atoms with Crippen molar-refractivity contribution in [3.05, 3.63) is 48.5 Å². The molecule has 0 spiro atoms. The standard InChI is InChI=1S/C15H14N4OS/c16-10-4-3-5-11(8-10)17-14(20)9-21-15-18-12-6-1-2-7-13(12)19-15/h1-8H,9,16H2,(H,17,20)(H,18,19). The Kier molecular flexibility index (Phi) is 3.79. The number of rotatable bonds is 4. The van der Waals surface area contributed by atoms with E-state index >= 15 is 0 Å². The Morgan fingerprint density at radius 1 is 1.24 bits per heavy atom. The van der Waals surface area contributed by atoms with Crippen LogP contribution in [0.15, 0.2) is 53.7 Å². The van der Waals surface area contributed by atoms with Crippen molar-refractivity contribution in [2.24, 2.45) is 0 Å². The molecule has 0 unspecified atom stereocenters. The highest BCUT2D eigenvalue weighted by Gasteiger charge is 2.07. The molecule has 6 heteroatoms. The largest absolute Gasteiger partial charge is 0.399 e. The summed E-state index contributed by atoms with van der Waals surface area (Å²) in [6, 6.07) is 14.9. The van der Waals surface area contributed by atoms with Crippen LogP contribution in [-0.2, 0) is 4.79 Å². The van der Waals surface area contributed by atoms with Gasteiger partial charge in [-0.25, -0.2) is 4.98 Å². The highest BCUT2D eigenvalue weighted by molar-refractivity contribution is 7.99. The third-order valence-electron chi connectivity index (χ3n) is 2.88. The van der Waals surface area contributed by atoms with Gasteiger partial charge in [0.25, 0.3) is 0 Å². The number of benzene rings is 2. The second kappa shape index (κ2) is 5.88. The highest BCUT2D eigenvalue weighted by Crippen LogP contribution is 2.19. The number of amides is 1. The molecule has 3 rings (SSSR count). The van der Waals surface area contributed by atoms with E-state index in [9.17, 15) is 4.79 Å². The molecule has 0 bridgehead atoms. The third-order valence-corrected chi connectivity index (χ3v) is 3.75. The minimum atomic E-state index is -0.0916. The van der Waals surface area contributed by atoms with E-state index in [1.165, 1.54) is 11.8 Å². The molecule has 5 nitrogen and oxygen atoms in total. The SMILES string of the molecule is Nc1cccc(NC(=O)CSc2nc3ccccc3[nH]2)c1. The summed E-state index contributed by atoms with van der Waals surface area (Å²) >= 11 is 1.37. The molecular weight excluding hydrogens is 284 g/mol. The molecule has 0 atom stereocenters. The number of nitrogen functional groups attached to an aromatic ring is 1. The van der Waals surface area contributed by atoms with Gasteiger partial charge in [-0.05, 0) is 30.3 Å². The number of thioether (sulfide) groups is 1. The molecule has 0 aliphatic rings. The van der Waals surface area contributed by atoms with Crippen molar-refractivity contribution >= 4 is 40.1 Å². The van der Waals surface area contributed by atoms with Gasteiger partial charge in [-0.3, -0.25) is 4.79 Å². The first-order valence-electron chi connectivity index (χ1n) is 6.44. The second-order valence-corrected chi connectivity index (χ2v) is 5.49. The maximum absolute atomic E-state index is 11.9. The number of anilines is 2. The van der Waals surface area contributed by atoms with Crippen LogP contribution in [0, 0.1) is 0 Å². The van der Waals surface area contributed by atoms with Crippen molar-refractivity contribution in [2.45, 2.75) is 5.16 Å². The van der Waals surface area contributed by atoms with Crippen molar-refractivity contribution in [3.63, 3.8) is 0 Å². The number of nitrogens with one attached hydrogen (secondary N) is 2. The molecule has 0 aliphatic carbocycles. The maximum atomic E-state index is 11.9. The maximum Gasteiger partial charge on any atom is 0.234 e. The van der Waals surface area contributed by atoms with E-state index in [1.807, 2.05) is 24.3 Å². The van der Waals surface area contributed by atoms with Crippen LogP contribution in [0.2, 0.25) is 0 Å². The van der Waals surface area contributed by atoms with E-state index in [0.29, 0.717) is 11.4 Å². The zero-order valence-corrected chi connectivity index (χ0v) is 12.0. The van der Waals surface area contributed by atoms with Crippen molar-refractivity contribution in [2.75, 3.05) is 16.8 Å². The number of nitrogens with zero attached hydrogens (tertiary/aromatic N) is 1. The van der Waals surface area contributed by atoms with Crippen LogP contribution < -0.4 is 11.1 Å². The summed E-state index contributed by atoms with van der Waals surface area (Å²) in [5.74, 6) is 0.195. The molecule has 1 heterocycles. The average Bonchev–Trinajstić information content (AvgIpc) is 2.88. The lowest BCUT2D eigenvalue weighted by Crippen LogP contribution is -2.14. The quantitative estimate of drug-likeness (QED) is 0.511. The number of H-pyrrole nitrogens is 1. The Bertz CT molecular complexity index is 751. The Hall–Kier alpha value is -2.47. The normalized spacial score (nSPS) is 10.7. The lowest BCUT2D eigenvalue weighted by Gasteiger charge is -2.04. The number of nitrogens with two attached hydrogens (primary N) is 1. The zero-order chi connectivity index (χ0) is 14.7. The number of aromatic nitrogens is 2.